The molecule has 2 rings (SSSR count). The lowest BCUT2D eigenvalue weighted by molar-refractivity contribution is -0.276. The largest absolute Gasteiger partial charge is 0.393 e. The molecule has 2 aliphatic rings. The van der Waals surface area contributed by atoms with Crippen molar-refractivity contribution < 1.29 is 19.7 Å². The molecule has 0 amide bonds. The number of aliphatic hydroxyl groups is 2. The Labute approximate surface area is 71.1 Å². The molecule has 2 bridgehead atoms. The van der Waals surface area contributed by atoms with Crippen molar-refractivity contribution in [3.8, 4) is 0 Å². The van der Waals surface area contributed by atoms with Crippen LogP contribution < -0.4 is 0 Å². The van der Waals surface area contributed by atoms with Gasteiger partial charge in [0.15, 0.2) is 6.29 Å². The number of fused-ring (bicyclic) bond motifs is 2. The van der Waals surface area contributed by atoms with Crippen molar-refractivity contribution in [1.29, 1.82) is 0 Å². The molecule has 2 atom stereocenters. The zero-order valence-electron chi connectivity index (χ0n) is 6.85. The third-order valence-corrected chi connectivity index (χ3v) is 2.43. The summed E-state index contributed by atoms with van der Waals surface area (Å²) in [5, 5.41) is 18.2. The summed E-state index contributed by atoms with van der Waals surface area (Å²) in [6.45, 7) is -0.0942. The van der Waals surface area contributed by atoms with Gasteiger partial charge in [-0.15, -0.1) is 0 Å². The Morgan fingerprint density at radius 1 is 1.08 bits per heavy atom. The van der Waals surface area contributed by atoms with E-state index in [-0.39, 0.29) is 24.9 Å². The maximum Gasteiger partial charge on any atom is 0.181 e. The highest BCUT2D eigenvalue weighted by molar-refractivity contribution is 4.83. The molecule has 0 aromatic rings. The highest BCUT2D eigenvalue weighted by atomic mass is 16.7. The quantitative estimate of drug-likeness (QED) is 0.569. The van der Waals surface area contributed by atoms with E-state index >= 15 is 0 Å². The summed E-state index contributed by atoms with van der Waals surface area (Å²) < 4.78 is 10.7. The second kappa shape index (κ2) is 3.30. The van der Waals surface area contributed by atoms with E-state index in [4.69, 9.17) is 14.6 Å². The molecule has 1 saturated carbocycles. The molecule has 1 saturated heterocycles. The van der Waals surface area contributed by atoms with Gasteiger partial charge < -0.3 is 19.7 Å². The van der Waals surface area contributed by atoms with E-state index in [9.17, 15) is 5.11 Å². The summed E-state index contributed by atoms with van der Waals surface area (Å²) in [6, 6.07) is 0. The van der Waals surface area contributed by atoms with Gasteiger partial charge in [-0.05, 0) is 12.8 Å². The number of aliphatic hydroxyl groups excluding tert-OH is 2. The lowest BCUT2D eigenvalue weighted by Crippen LogP contribution is -2.46. The van der Waals surface area contributed by atoms with Crippen molar-refractivity contribution in [2.45, 2.75) is 43.9 Å². The second-order valence-corrected chi connectivity index (χ2v) is 3.49. The molecule has 0 spiro atoms. The molecule has 0 aromatic carbocycles. The maximum atomic E-state index is 9.35. The van der Waals surface area contributed by atoms with Crippen molar-refractivity contribution >= 4 is 0 Å². The first-order chi connectivity index (χ1) is 5.78. The Morgan fingerprint density at radius 2 is 1.67 bits per heavy atom. The van der Waals surface area contributed by atoms with E-state index < -0.39 is 6.29 Å². The molecule has 1 aliphatic heterocycles. The van der Waals surface area contributed by atoms with Crippen LogP contribution in [0.1, 0.15) is 19.3 Å². The van der Waals surface area contributed by atoms with Crippen LogP contribution in [0, 0.1) is 0 Å². The van der Waals surface area contributed by atoms with Crippen molar-refractivity contribution in [3.05, 3.63) is 0 Å². The maximum absolute atomic E-state index is 9.35. The topological polar surface area (TPSA) is 58.9 Å². The second-order valence-electron chi connectivity index (χ2n) is 3.49. The molecule has 2 unspecified atom stereocenters. The fourth-order valence-electron chi connectivity index (χ4n) is 1.96. The highest BCUT2D eigenvalue weighted by Crippen LogP contribution is 2.30. The minimum absolute atomic E-state index is 0.0737. The van der Waals surface area contributed by atoms with Crippen LogP contribution in [-0.2, 0) is 9.47 Å². The lowest BCUT2D eigenvalue weighted by atomic mass is 9.91. The summed E-state index contributed by atoms with van der Waals surface area (Å²) >= 11 is 0. The third-order valence-electron chi connectivity index (χ3n) is 2.43. The minimum Gasteiger partial charge on any atom is -0.393 e. The minimum atomic E-state index is -0.471. The zero-order chi connectivity index (χ0) is 8.55. The molecule has 4 heteroatoms. The first-order valence-corrected chi connectivity index (χ1v) is 4.37. The van der Waals surface area contributed by atoms with E-state index in [1.54, 1.807) is 0 Å². The smallest absolute Gasteiger partial charge is 0.181 e. The number of rotatable bonds is 1. The highest BCUT2D eigenvalue weighted by Gasteiger charge is 2.36. The van der Waals surface area contributed by atoms with Gasteiger partial charge in [-0.2, -0.15) is 0 Å². The van der Waals surface area contributed by atoms with Crippen LogP contribution in [-0.4, -0.2) is 41.4 Å². The van der Waals surface area contributed by atoms with E-state index in [2.05, 4.69) is 0 Å². The Morgan fingerprint density at radius 3 is 2.17 bits per heavy atom. The van der Waals surface area contributed by atoms with Crippen LogP contribution in [0.3, 0.4) is 0 Å². The van der Waals surface area contributed by atoms with Gasteiger partial charge in [-0.25, -0.2) is 0 Å². The number of ether oxygens (including phenoxy) is 2. The van der Waals surface area contributed by atoms with Crippen LogP contribution >= 0.6 is 0 Å². The summed E-state index contributed by atoms with van der Waals surface area (Å²) in [4.78, 5) is 0. The van der Waals surface area contributed by atoms with Crippen molar-refractivity contribution in [2.75, 3.05) is 6.61 Å². The Kier molecular flexibility index (Phi) is 2.32. The van der Waals surface area contributed by atoms with E-state index in [1.807, 2.05) is 0 Å². The average molecular weight is 174 g/mol. The van der Waals surface area contributed by atoms with Gasteiger partial charge in [0.2, 0.25) is 0 Å². The normalized spacial score (nSPS) is 47.5. The zero-order valence-corrected chi connectivity index (χ0v) is 6.85. The monoisotopic (exact) mass is 174 g/mol. The molecule has 2 N–H and O–H groups in total. The van der Waals surface area contributed by atoms with E-state index in [0.29, 0.717) is 12.8 Å². The van der Waals surface area contributed by atoms with Gasteiger partial charge in [-0.3, -0.25) is 0 Å². The number of hydrogen-bond donors (Lipinski definition) is 2. The Bertz CT molecular complexity index is 143. The molecule has 1 heterocycles. The first-order valence-electron chi connectivity index (χ1n) is 4.37. The van der Waals surface area contributed by atoms with E-state index in [0.717, 1.165) is 6.42 Å². The molecule has 1 aliphatic carbocycles. The van der Waals surface area contributed by atoms with Gasteiger partial charge in [0.05, 0.1) is 24.9 Å². The van der Waals surface area contributed by atoms with Gasteiger partial charge in [0, 0.05) is 6.42 Å². The SMILES string of the molecule is OCC1OC2CC(O)CC(C2)O1. The predicted octanol–water partition coefficient (Wildman–Crippen LogP) is -0.366. The molecule has 70 valence electrons. The average Bonchev–Trinajstić information content (AvgIpc) is 2.02. The lowest BCUT2D eigenvalue weighted by Gasteiger charge is -2.40. The summed E-state index contributed by atoms with van der Waals surface area (Å²) in [5.74, 6) is 0. The molecule has 0 radical (unpaired) electrons. The molecule has 2 fully saturated rings. The van der Waals surface area contributed by atoms with E-state index in [1.165, 1.54) is 0 Å². The molecular formula is C8H14O4. The van der Waals surface area contributed by atoms with Gasteiger partial charge in [0.1, 0.15) is 0 Å². The summed E-state index contributed by atoms with van der Waals surface area (Å²) in [6.07, 6.45) is 1.59. The summed E-state index contributed by atoms with van der Waals surface area (Å²) in [7, 11) is 0. The fraction of sp³-hybridized carbons (Fsp3) is 1.00. The van der Waals surface area contributed by atoms with Crippen LogP contribution in [0.5, 0.6) is 0 Å². The predicted molar refractivity (Wildman–Crippen MR) is 40.5 cm³/mol. The fourth-order valence-corrected chi connectivity index (χ4v) is 1.96. The Hall–Kier alpha value is -0.160. The van der Waals surface area contributed by atoms with Crippen LogP contribution in [0.25, 0.3) is 0 Å². The van der Waals surface area contributed by atoms with Crippen LogP contribution in [0.15, 0.2) is 0 Å². The van der Waals surface area contributed by atoms with Crippen molar-refractivity contribution in [3.63, 3.8) is 0 Å². The third kappa shape index (κ3) is 1.61. The van der Waals surface area contributed by atoms with Crippen LogP contribution in [0.2, 0.25) is 0 Å². The molecule has 0 aromatic heterocycles. The standard InChI is InChI=1S/C8H14O4/c9-4-8-11-6-1-5(10)2-7(3-6)12-8/h5-10H,1-4H2. The van der Waals surface area contributed by atoms with Gasteiger partial charge >= 0.3 is 0 Å². The van der Waals surface area contributed by atoms with Crippen molar-refractivity contribution in [1.82, 2.24) is 0 Å². The molecule has 4 nitrogen and oxygen atoms in total. The van der Waals surface area contributed by atoms with Crippen LogP contribution in [0.4, 0.5) is 0 Å². The van der Waals surface area contributed by atoms with Crippen molar-refractivity contribution in [2.24, 2.45) is 0 Å². The molecule has 12 heavy (non-hydrogen) atoms. The van der Waals surface area contributed by atoms with Gasteiger partial charge in [0.25, 0.3) is 0 Å². The first kappa shape index (κ1) is 8.44. The van der Waals surface area contributed by atoms with Gasteiger partial charge in [-0.1, -0.05) is 0 Å². The Balaban J connectivity index is 1.96. The molecular weight excluding hydrogens is 160 g/mol. The summed E-state index contributed by atoms with van der Waals surface area (Å²) in [5.41, 5.74) is 0. The number of hydrogen-bond acceptors (Lipinski definition) is 4.